The van der Waals surface area contributed by atoms with Gasteiger partial charge in [-0.05, 0) is 32.4 Å². The van der Waals surface area contributed by atoms with Crippen LogP contribution in [-0.2, 0) is 0 Å². The lowest BCUT2D eigenvalue weighted by Crippen LogP contribution is -2.33. The van der Waals surface area contributed by atoms with E-state index in [1.807, 2.05) is 25.1 Å². The Morgan fingerprint density at radius 3 is 2.42 bits per heavy atom. The average Bonchev–Trinajstić information content (AvgIpc) is 2.42. The number of Topliss-reactive ketones (excluding diaryl/α,β-unsaturated/α-hetero) is 1. The number of anilines is 1. The van der Waals surface area contributed by atoms with E-state index in [9.17, 15) is 4.79 Å². The highest BCUT2D eigenvalue weighted by atomic mass is 16.1. The first-order valence-corrected chi connectivity index (χ1v) is 7.50. The lowest BCUT2D eigenvalue weighted by molar-refractivity contribution is 0.0988. The van der Waals surface area contributed by atoms with E-state index < -0.39 is 0 Å². The summed E-state index contributed by atoms with van der Waals surface area (Å²) in [4.78, 5) is 14.4. The standard InChI is InChI=1S/C17H27NO/c1-5-7-10-13-18(14(3)4)16-12-9-8-11-15(16)17(19)6-2/h8-9,11-12,14H,5-7,10,13H2,1-4H3. The Labute approximate surface area is 117 Å². The van der Waals surface area contributed by atoms with Gasteiger partial charge in [-0.15, -0.1) is 0 Å². The van der Waals surface area contributed by atoms with Crippen molar-refractivity contribution in [2.45, 2.75) is 59.4 Å². The maximum atomic E-state index is 12.1. The third-order valence-corrected chi connectivity index (χ3v) is 3.46. The van der Waals surface area contributed by atoms with Crippen molar-refractivity contribution in [2.75, 3.05) is 11.4 Å². The summed E-state index contributed by atoms with van der Waals surface area (Å²) < 4.78 is 0. The number of unbranched alkanes of at least 4 members (excludes halogenated alkanes) is 2. The molecule has 0 saturated carbocycles. The molecule has 0 heterocycles. The number of benzene rings is 1. The molecule has 0 amide bonds. The molecule has 0 bridgehead atoms. The average molecular weight is 261 g/mol. The van der Waals surface area contributed by atoms with Crippen molar-refractivity contribution in [1.29, 1.82) is 0 Å². The van der Waals surface area contributed by atoms with Gasteiger partial charge in [-0.2, -0.15) is 0 Å². The first-order chi connectivity index (χ1) is 9.11. The Hall–Kier alpha value is -1.31. The summed E-state index contributed by atoms with van der Waals surface area (Å²) in [5.74, 6) is 0.233. The Morgan fingerprint density at radius 2 is 1.84 bits per heavy atom. The van der Waals surface area contributed by atoms with Gasteiger partial charge in [0, 0.05) is 30.3 Å². The van der Waals surface area contributed by atoms with Gasteiger partial charge in [0.25, 0.3) is 0 Å². The predicted molar refractivity (Wildman–Crippen MR) is 83.1 cm³/mol. The van der Waals surface area contributed by atoms with Crippen LogP contribution >= 0.6 is 0 Å². The van der Waals surface area contributed by atoms with E-state index in [2.05, 4.69) is 31.7 Å². The number of ketones is 1. The Balaban J connectivity index is 2.98. The predicted octanol–water partition coefficient (Wildman–Crippen LogP) is 4.68. The molecule has 0 aliphatic heterocycles. The second-order valence-electron chi connectivity index (χ2n) is 5.29. The number of hydrogen-bond donors (Lipinski definition) is 0. The fourth-order valence-electron chi connectivity index (χ4n) is 2.34. The summed E-state index contributed by atoms with van der Waals surface area (Å²) in [6.07, 6.45) is 4.22. The quantitative estimate of drug-likeness (QED) is 0.500. The normalized spacial score (nSPS) is 10.8. The van der Waals surface area contributed by atoms with Gasteiger partial charge in [0.15, 0.2) is 5.78 Å². The van der Waals surface area contributed by atoms with Crippen molar-refractivity contribution in [3.05, 3.63) is 29.8 Å². The minimum absolute atomic E-state index is 0.233. The highest BCUT2D eigenvalue weighted by molar-refractivity contribution is 6.01. The van der Waals surface area contributed by atoms with Gasteiger partial charge in [-0.3, -0.25) is 4.79 Å². The maximum absolute atomic E-state index is 12.1. The van der Waals surface area contributed by atoms with E-state index in [-0.39, 0.29) is 5.78 Å². The van der Waals surface area contributed by atoms with E-state index in [1.54, 1.807) is 0 Å². The minimum atomic E-state index is 0.233. The first-order valence-electron chi connectivity index (χ1n) is 7.50. The molecule has 1 aromatic carbocycles. The number of hydrogen-bond acceptors (Lipinski definition) is 2. The molecule has 0 saturated heterocycles. The van der Waals surface area contributed by atoms with Crippen LogP contribution in [-0.4, -0.2) is 18.4 Å². The van der Waals surface area contributed by atoms with E-state index in [4.69, 9.17) is 0 Å². The number of carbonyl (C=O) groups excluding carboxylic acids is 1. The minimum Gasteiger partial charge on any atom is -0.369 e. The van der Waals surface area contributed by atoms with Gasteiger partial charge in [0.1, 0.15) is 0 Å². The van der Waals surface area contributed by atoms with Crippen LogP contribution in [0.2, 0.25) is 0 Å². The van der Waals surface area contributed by atoms with E-state index in [0.29, 0.717) is 12.5 Å². The van der Waals surface area contributed by atoms with Crippen molar-refractivity contribution in [1.82, 2.24) is 0 Å². The maximum Gasteiger partial charge on any atom is 0.164 e. The number of nitrogens with zero attached hydrogens (tertiary/aromatic N) is 1. The fourth-order valence-corrected chi connectivity index (χ4v) is 2.34. The monoisotopic (exact) mass is 261 g/mol. The molecule has 1 aromatic rings. The third-order valence-electron chi connectivity index (χ3n) is 3.46. The lowest BCUT2D eigenvalue weighted by atomic mass is 10.0. The molecular formula is C17H27NO. The second kappa shape index (κ2) is 7.98. The van der Waals surface area contributed by atoms with Crippen LogP contribution in [0.5, 0.6) is 0 Å². The van der Waals surface area contributed by atoms with Crippen molar-refractivity contribution >= 4 is 11.5 Å². The molecule has 106 valence electrons. The van der Waals surface area contributed by atoms with Gasteiger partial charge in [0.05, 0.1) is 0 Å². The summed E-state index contributed by atoms with van der Waals surface area (Å²) >= 11 is 0. The highest BCUT2D eigenvalue weighted by Gasteiger charge is 2.16. The Bertz CT molecular complexity index is 398. The van der Waals surface area contributed by atoms with Crippen molar-refractivity contribution in [3.8, 4) is 0 Å². The van der Waals surface area contributed by atoms with Crippen LogP contribution < -0.4 is 4.90 Å². The molecule has 2 heteroatoms. The molecule has 0 atom stereocenters. The molecule has 0 N–H and O–H groups in total. The smallest absolute Gasteiger partial charge is 0.164 e. The second-order valence-corrected chi connectivity index (χ2v) is 5.29. The molecule has 0 fully saturated rings. The van der Waals surface area contributed by atoms with Crippen LogP contribution in [0.3, 0.4) is 0 Å². The number of rotatable bonds is 8. The van der Waals surface area contributed by atoms with Crippen molar-refractivity contribution in [2.24, 2.45) is 0 Å². The summed E-state index contributed by atoms with van der Waals surface area (Å²) in [6, 6.07) is 8.43. The highest BCUT2D eigenvalue weighted by Crippen LogP contribution is 2.24. The van der Waals surface area contributed by atoms with E-state index in [0.717, 1.165) is 17.8 Å². The van der Waals surface area contributed by atoms with Gasteiger partial charge < -0.3 is 4.90 Å². The summed E-state index contributed by atoms with van der Waals surface area (Å²) in [6.45, 7) is 9.56. The topological polar surface area (TPSA) is 20.3 Å². The molecular weight excluding hydrogens is 234 g/mol. The Morgan fingerprint density at radius 1 is 1.16 bits per heavy atom. The molecule has 0 aromatic heterocycles. The van der Waals surface area contributed by atoms with Gasteiger partial charge in [-0.1, -0.05) is 38.8 Å². The molecule has 0 aliphatic rings. The van der Waals surface area contributed by atoms with E-state index >= 15 is 0 Å². The molecule has 0 radical (unpaired) electrons. The molecule has 0 aliphatic carbocycles. The summed E-state index contributed by atoms with van der Waals surface area (Å²) in [5, 5.41) is 0. The lowest BCUT2D eigenvalue weighted by Gasteiger charge is -2.30. The zero-order valence-electron chi connectivity index (χ0n) is 12.8. The largest absolute Gasteiger partial charge is 0.369 e. The molecule has 2 nitrogen and oxygen atoms in total. The fraction of sp³-hybridized carbons (Fsp3) is 0.588. The van der Waals surface area contributed by atoms with Crippen LogP contribution in [0.15, 0.2) is 24.3 Å². The van der Waals surface area contributed by atoms with Gasteiger partial charge >= 0.3 is 0 Å². The van der Waals surface area contributed by atoms with Crippen LogP contribution in [0, 0.1) is 0 Å². The molecule has 0 spiro atoms. The van der Waals surface area contributed by atoms with Crippen LogP contribution in [0.1, 0.15) is 63.7 Å². The molecule has 1 rings (SSSR count). The molecule has 19 heavy (non-hydrogen) atoms. The van der Waals surface area contributed by atoms with Gasteiger partial charge in [-0.25, -0.2) is 0 Å². The van der Waals surface area contributed by atoms with Crippen LogP contribution in [0.4, 0.5) is 5.69 Å². The zero-order valence-corrected chi connectivity index (χ0v) is 12.8. The third kappa shape index (κ3) is 4.38. The first kappa shape index (κ1) is 15.7. The van der Waals surface area contributed by atoms with E-state index in [1.165, 1.54) is 19.3 Å². The molecule has 0 unspecified atom stereocenters. The summed E-state index contributed by atoms with van der Waals surface area (Å²) in [5.41, 5.74) is 1.97. The summed E-state index contributed by atoms with van der Waals surface area (Å²) in [7, 11) is 0. The SMILES string of the molecule is CCCCCN(c1ccccc1C(=O)CC)C(C)C. The number of para-hydroxylation sites is 1. The number of carbonyl (C=O) groups is 1. The van der Waals surface area contributed by atoms with Crippen molar-refractivity contribution in [3.63, 3.8) is 0 Å². The van der Waals surface area contributed by atoms with Crippen molar-refractivity contribution < 1.29 is 4.79 Å². The van der Waals surface area contributed by atoms with Crippen LogP contribution in [0.25, 0.3) is 0 Å². The Kier molecular flexibility index (Phi) is 6.61. The van der Waals surface area contributed by atoms with Gasteiger partial charge in [0.2, 0.25) is 0 Å². The zero-order chi connectivity index (χ0) is 14.3.